The van der Waals surface area contributed by atoms with E-state index in [1.807, 2.05) is 13.8 Å². The van der Waals surface area contributed by atoms with Gasteiger partial charge in [-0.3, -0.25) is 19.2 Å². The molecular formula is C22H30N4O4. The summed E-state index contributed by atoms with van der Waals surface area (Å²) in [6.07, 6.45) is 0.959. The molecular weight excluding hydrogens is 384 g/mol. The molecule has 1 aromatic carbocycles. The van der Waals surface area contributed by atoms with E-state index in [1.165, 1.54) is 0 Å². The van der Waals surface area contributed by atoms with Gasteiger partial charge in [-0.05, 0) is 24.3 Å². The fraction of sp³-hybridized carbons (Fsp3) is 0.545. The summed E-state index contributed by atoms with van der Waals surface area (Å²) >= 11 is 0. The lowest BCUT2D eigenvalue weighted by molar-refractivity contribution is -0.133. The Bertz CT molecular complexity index is 725. The highest BCUT2D eigenvalue weighted by molar-refractivity contribution is 5.98. The number of piperazine rings is 2. The van der Waals surface area contributed by atoms with Crippen LogP contribution in [0.4, 0.5) is 0 Å². The Labute approximate surface area is 177 Å². The van der Waals surface area contributed by atoms with Crippen LogP contribution < -0.4 is 0 Å². The van der Waals surface area contributed by atoms with Gasteiger partial charge in [-0.2, -0.15) is 0 Å². The summed E-state index contributed by atoms with van der Waals surface area (Å²) in [5, 5.41) is 0. The smallest absolute Gasteiger partial charge is 0.253 e. The quantitative estimate of drug-likeness (QED) is 0.738. The van der Waals surface area contributed by atoms with Crippen LogP contribution in [-0.4, -0.2) is 95.6 Å². The third-order valence-corrected chi connectivity index (χ3v) is 5.82. The van der Waals surface area contributed by atoms with Crippen molar-refractivity contribution in [2.24, 2.45) is 0 Å². The Kier molecular flexibility index (Phi) is 7.07. The second-order valence-corrected chi connectivity index (χ2v) is 7.63. The van der Waals surface area contributed by atoms with Gasteiger partial charge in [0.15, 0.2) is 0 Å². The van der Waals surface area contributed by atoms with Crippen molar-refractivity contribution in [3.05, 3.63) is 35.4 Å². The molecule has 0 unspecified atom stereocenters. The molecule has 2 aliphatic heterocycles. The number of carbonyl (C=O) groups excluding carboxylic acids is 4. The average molecular weight is 415 g/mol. The number of carbonyl (C=O) groups is 4. The zero-order chi connectivity index (χ0) is 21.7. The lowest BCUT2D eigenvalue weighted by atomic mass is 10.1. The van der Waals surface area contributed by atoms with Crippen LogP contribution in [-0.2, 0) is 9.59 Å². The molecule has 162 valence electrons. The standard InChI is InChI=1S/C22H30N4O4/c1-3-19(27)23-9-13-25(14-10-23)21(29)17-5-7-18(8-6-17)22(30)26-15-11-24(12-16-26)20(28)4-2/h5-8H,3-4,9-16H2,1-2H3. The third kappa shape index (κ3) is 4.80. The summed E-state index contributed by atoms with van der Waals surface area (Å²) in [5.41, 5.74) is 1.08. The molecule has 0 atom stereocenters. The number of amides is 4. The molecule has 8 heteroatoms. The van der Waals surface area contributed by atoms with Crippen LogP contribution in [0.2, 0.25) is 0 Å². The van der Waals surface area contributed by atoms with E-state index in [-0.39, 0.29) is 23.6 Å². The Balaban J connectivity index is 1.55. The van der Waals surface area contributed by atoms with Crippen LogP contribution in [0, 0.1) is 0 Å². The first-order chi connectivity index (χ1) is 14.4. The van der Waals surface area contributed by atoms with E-state index >= 15 is 0 Å². The fourth-order valence-electron chi connectivity index (χ4n) is 3.89. The van der Waals surface area contributed by atoms with E-state index in [0.717, 1.165) is 0 Å². The maximum atomic E-state index is 12.7. The predicted molar refractivity (Wildman–Crippen MR) is 112 cm³/mol. The summed E-state index contributed by atoms with van der Waals surface area (Å²) in [6, 6.07) is 6.76. The molecule has 2 aliphatic rings. The van der Waals surface area contributed by atoms with Gasteiger partial charge in [0.25, 0.3) is 11.8 Å². The number of hydrogen-bond acceptors (Lipinski definition) is 4. The van der Waals surface area contributed by atoms with Crippen molar-refractivity contribution in [2.45, 2.75) is 26.7 Å². The first-order valence-electron chi connectivity index (χ1n) is 10.7. The van der Waals surface area contributed by atoms with Gasteiger partial charge < -0.3 is 19.6 Å². The third-order valence-electron chi connectivity index (χ3n) is 5.82. The summed E-state index contributed by atoms with van der Waals surface area (Å²) in [7, 11) is 0. The molecule has 30 heavy (non-hydrogen) atoms. The molecule has 0 N–H and O–H groups in total. The van der Waals surface area contributed by atoms with Crippen molar-refractivity contribution in [3.63, 3.8) is 0 Å². The Hall–Kier alpha value is -2.90. The Morgan fingerprint density at radius 1 is 0.567 bits per heavy atom. The Morgan fingerprint density at radius 3 is 1.10 bits per heavy atom. The lowest BCUT2D eigenvalue weighted by Crippen LogP contribution is -2.50. The highest BCUT2D eigenvalue weighted by Crippen LogP contribution is 2.14. The van der Waals surface area contributed by atoms with E-state index in [9.17, 15) is 19.2 Å². The summed E-state index contributed by atoms with van der Waals surface area (Å²) < 4.78 is 0. The monoisotopic (exact) mass is 414 g/mol. The minimum atomic E-state index is -0.0794. The summed E-state index contributed by atoms with van der Waals surface area (Å²) in [5.74, 6) is 0.0725. The van der Waals surface area contributed by atoms with Gasteiger partial charge in [-0.15, -0.1) is 0 Å². The molecule has 0 saturated carbocycles. The van der Waals surface area contributed by atoms with Crippen LogP contribution >= 0.6 is 0 Å². The molecule has 0 spiro atoms. The van der Waals surface area contributed by atoms with Gasteiger partial charge in [-0.1, -0.05) is 13.8 Å². The normalized spacial score (nSPS) is 17.1. The van der Waals surface area contributed by atoms with Crippen LogP contribution in [0.1, 0.15) is 47.4 Å². The molecule has 2 fully saturated rings. The molecule has 8 nitrogen and oxygen atoms in total. The lowest BCUT2D eigenvalue weighted by Gasteiger charge is -2.35. The highest BCUT2D eigenvalue weighted by Gasteiger charge is 2.26. The predicted octanol–water partition coefficient (Wildman–Crippen LogP) is 1.08. The van der Waals surface area contributed by atoms with Gasteiger partial charge in [-0.25, -0.2) is 0 Å². The number of rotatable bonds is 4. The van der Waals surface area contributed by atoms with Gasteiger partial charge >= 0.3 is 0 Å². The molecule has 2 heterocycles. The highest BCUT2D eigenvalue weighted by atomic mass is 16.2. The minimum Gasteiger partial charge on any atom is -0.339 e. The van der Waals surface area contributed by atoms with Crippen molar-refractivity contribution >= 4 is 23.6 Å². The second-order valence-electron chi connectivity index (χ2n) is 7.63. The zero-order valence-electron chi connectivity index (χ0n) is 17.8. The van der Waals surface area contributed by atoms with Gasteiger partial charge in [0, 0.05) is 76.3 Å². The topological polar surface area (TPSA) is 81.2 Å². The van der Waals surface area contributed by atoms with Crippen LogP contribution in [0.25, 0.3) is 0 Å². The van der Waals surface area contributed by atoms with Gasteiger partial charge in [0.2, 0.25) is 11.8 Å². The van der Waals surface area contributed by atoms with E-state index < -0.39 is 0 Å². The largest absolute Gasteiger partial charge is 0.339 e. The minimum absolute atomic E-state index is 0.0794. The van der Waals surface area contributed by atoms with Gasteiger partial charge in [0.1, 0.15) is 0 Å². The first-order valence-corrected chi connectivity index (χ1v) is 10.7. The zero-order valence-corrected chi connectivity index (χ0v) is 17.8. The maximum Gasteiger partial charge on any atom is 0.253 e. The van der Waals surface area contributed by atoms with Crippen LogP contribution in [0.15, 0.2) is 24.3 Å². The number of benzene rings is 1. The molecule has 4 amide bonds. The Morgan fingerprint density at radius 2 is 0.833 bits per heavy atom. The van der Waals surface area contributed by atoms with Crippen molar-refractivity contribution in [1.29, 1.82) is 0 Å². The SMILES string of the molecule is CCC(=O)N1CCN(C(=O)c2ccc(C(=O)N3CCN(C(=O)CC)CC3)cc2)CC1. The average Bonchev–Trinajstić information content (AvgIpc) is 2.82. The molecule has 0 aliphatic carbocycles. The fourth-order valence-corrected chi connectivity index (χ4v) is 3.89. The first kappa shape index (κ1) is 21.8. The summed E-state index contributed by atoms with van der Waals surface area (Å²) in [4.78, 5) is 56.1. The van der Waals surface area contributed by atoms with E-state index in [4.69, 9.17) is 0 Å². The van der Waals surface area contributed by atoms with Crippen molar-refractivity contribution < 1.29 is 19.2 Å². The molecule has 0 aromatic heterocycles. The molecule has 1 aromatic rings. The van der Waals surface area contributed by atoms with Crippen molar-refractivity contribution in [1.82, 2.24) is 19.6 Å². The number of hydrogen-bond donors (Lipinski definition) is 0. The summed E-state index contributed by atoms with van der Waals surface area (Å²) in [6.45, 7) is 7.99. The molecule has 3 rings (SSSR count). The van der Waals surface area contributed by atoms with E-state index in [2.05, 4.69) is 0 Å². The van der Waals surface area contributed by atoms with Crippen LogP contribution in [0.5, 0.6) is 0 Å². The van der Waals surface area contributed by atoms with Crippen molar-refractivity contribution in [2.75, 3.05) is 52.4 Å². The van der Waals surface area contributed by atoms with Crippen molar-refractivity contribution in [3.8, 4) is 0 Å². The number of nitrogens with zero attached hydrogens (tertiary/aromatic N) is 4. The molecule has 2 saturated heterocycles. The van der Waals surface area contributed by atoms with E-state index in [1.54, 1.807) is 43.9 Å². The maximum absolute atomic E-state index is 12.7. The second kappa shape index (κ2) is 9.73. The van der Waals surface area contributed by atoms with Gasteiger partial charge in [0.05, 0.1) is 0 Å². The molecule has 0 bridgehead atoms. The molecule has 0 radical (unpaired) electrons. The van der Waals surface area contributed by atoms with E-state index in [0.29, 0.717) is 76.3 Å². The van der Waals surface area contributed by atoms with Crippen LogP contribution in [0.3, 0.4) is 0 Å².